The molecule has 0 aliphatic rings. The normalized spacial score (nSPS) is 11.0. The fraction of sp³-hybridized carbons (Fsp3) is 0.500. The third-order valence-electron chi connectivity index (χ3n) is 2.51. The van der Waals surface area contributed by atoms with Gasteiger partial charge < -0.3 is 0 Å². The summed E-state index contributed by atoms with van der Waals surface area (Å²) in [6.45, 7) is 2.23. The molecule has 2 nitrogen and oxygen atoms in total. The van der Waals surface area contributed by atoms with Crippen LogP contribution in [0, 0.1) is 0 Å². The zero-order chi connectivity index (χ0) is 10.5. The minimum Gasteiger partial charge on any atom is -0.240 e. The summed E-state index contributed by atoms with van der Waals surface area (Å²) in [5, 5.41) is 2.07. The van der Waals surface area contributed by atoms with E-state index in [1.165, 1.54) is 30.4 Å². The molecule has 2 rings (SSSR count). The van der Waals surface area contributed by atoms with Crippen LogP contribution < -0.4 is 0 Å². The topological polar surface area (TPSA) is 25.8 Å². The lowest BCUT2D eigenvalue weighted by Crippen LogP contribution is -1.94. The van der Waals surface area contributed by atoms with Gasteiger partial charge in [0.25, 0.3) is 0 Å². The van der Waals surface area contributed by atoms with E-state index in [1.54, 1.807) is 11.3 Å². The second-order valence-electron chi connectivity index (χ2n) is 3.77. The zero-order valence-corrected chi connectivity index (χ0v) is 9.89. The van der Waals surface area contributed by atoms with Gasteiger partial charge in [0.1, 0.15) is 5.82 Å². The predicted molar refractivity (Wildman–Crippen MR) is 65.3 cm³/mol. The molecule has 0 saturated heterocycles. The lowest BCUT2D eigenvalue weighted by molar-refractivity contribution is 0.653. The smallest absolute Gasteiger partial charge is 0.129 e. The summed E-state index contributed by atoms with van der Waals surface area (Å²) in [5.41, 5.74) is 1.10. The van der Waals surface area contributed by atoms with Gasteiger partial charge in [0.05, 0.1) is 10.2 Å². The van der Waals surface area contributed by atoms with E-state index in [-0.39, 0.29) is 0 Å². The maximum Gasteiger partial charge on any atom is 0.129 e. The molecule has 0 saturated carbocycles. The van der Waals surface area contributed by atoms with Gasteiger partial charge >= 0.3 is 0 Å². The Morgan fingerprint density at radius 1 is 1.27 bits per heavy atom. The van der Waals surface area contributed by atoms with Gasteiger partial charge in [-0.05, 0) is 17.9 Å². The average Bonchev–Trinajstić information content (AvgIpc) is 2.71. The zero-order valence-electron chi connectivity index (χ0n) is 9.07. The summed E-state index contributed by atoms with van der Waals surface area (Å²) in [5.74, 6) is 0.997. The molecule has 0 aliphatic heterocycles. The van der Waals surface area contributed by atoms with Crippen LogP contribution in [0.4, 0.5) is 0 Å². The van der Waals surface area contributed by atoms with E-state index in [4.69, 9.17) is 0 Å². The Bertz CT molecular complexity index is 422. The fourth-order valence-electron chi connectivity index (χ4n) is 1.63. The molecule has 0 atom stereocenters. The maximum absolute atomic E-state index is 4.53. The van der Waals surface area contributed by atoms with E-state index in [9.17, 15) is 0 Å². The minimum atomic E-state index is 0.997. The van der Waals surface area contributed by atoms with Crippen molar-refractivity contribution in [2.75, 3.05) is 0 Å². The Kier molecular flexibility index (Phi) is 3.67. The standard InChI is InChI=1S/C12H16N2S/c1-2-3-4-5-6-12-13-9-11-10(14-12)7-8-15-11/h7-9H,2-6H2,1H3. The van der Waals surface area contributed by atoms with E-state index in [1.807, 2.05) is 6.20 Å². The highest BCUT2D eigenvalue weighted by atomic mass is 32.1. The molecule has 0 aromatic carbocycles. The highest BCUT2D eigenvalue weighted by Crippen LogP contribution is 2.17. The number of nitrogens with zero attached hydrogens (tertiary/aromatic N) is 2. The molecule has 2 heterocycles. The third kappa shape index (κ3) is 2.75. The molecule has 2 aromatic rings. The summed E-state index contributed by atoms with van der Waals surface area (Å²) in [7, 11) is 0. The van der Waals surface area contributed by atoms with Crippen molar-refractivity contribution in [2.45, 2.75) is 39.0 Å². The van der Waals surface area contributed by atoms with Gasteiger partial charge in [0.15, 0.2) is 0 Å². The SMILES string of the molecule is CCCCCCc1ncc2sccc2n1. The molecule has 0 amide bonds. The molecule has 0 fully saturated rings. The number of thiophene rings is 1. The molecule has 0 N–H and O–H groups in total. The average molecular weight is 220 g/mol. The van der Waals surface area contributed by atoms with Crippen LogP contribution in [0.15, 0.2) is 17.6 Å². The van der Waals surface area contributed by atoms with Crippen molar-refractivity contribution in [2.24, 2.45) is 0 Å². The lowest BCUT2D eigenvalue weighted by Gasteiger charge is -1.99. The van der Waals surface area contributed by atoms with Gasteiger partial charge in [-0.25, -0.2) is 9.97 Å². The number of aryl methyl sites for hydroxylation is 1. The Hall–Kier alpha value is -0.960. The largest absolute Gasteiger partial charge is 0.240 e. The summed E-state index contributed by atoms with van der Waals surface area (Å²) >= 11 is 1.70. The number of aromatic nitrogens is 2. The molecule has 0 bridgehead atoms. The van der Waals surface area contributed by atoms with Crippen molar-refractivity contribution >= 4 is 21.6 Å². The van der Waals surface area contributed by atoms with Crippen LogP contribution in [-0.4, -0.2) is 9.97 Å². The van der Waals surface area contributed by atoms with E-state index < -0.39 is 0 Å². The third-order valence-corrected chi connectivity index (χ3v) is 3.35. The highest BCUT2D eigenvalue weighted by Gasteiger charge is 2.00. The molecule has 2 aromatic heterocycles. The maximum atomic E-state index is 4.53. The van der Waals surface area contributed by atoms with Gasteiger partial charge in [0, 0.05) is 12.6 Å². The van der Waals surface area contributed by atoms with Gasteiger partial charge in [-0.3, -0.25) is 0 Å². The van der Waals surface area contributed by atoms with Gasteiger partial charge in [-0.15, -0.1) is 11.3 Å². The monoisotopic (exact) mass is 220 g/mol. The van der Waals surface area contributed by atoms with Crippen molar-refractivity contribution in [1.29, 1.82) is 0 Å². The van der Waals surface area contributed by atoms with E-state index in [0.717, 1.165) is 17.8 Å². The summed E-state index contributed by atoms with van der Waals surface area (Å²) in [4.78, 5) is 8.91. The Balaban J connectivity index is 1.96. The van der Waals surface area contributed by atoms with Gasteiger partial charge in [0.2, 0.25) is 0 Å². The molecular formula is C12H16N2S. The van der Waals surface area contributed by atoms with Crippen LogP contribution in [0.2, 0.25) is 0 Å². The molecule has 0 unspecified atom stereocenters. The Morgan fingerprint density at radius 2 is 2.20 bits per heavy atom. The summed E-state index contributed by atoms with van der Waals surface area (Å²) in [6.07, 6.45) is 8.07. The van der Waals surface area contributed by atoms with Gasteiger partial charge in [-0.1, -0.05) is 26.2 Å². The van der Waals surface area contributed by atoms with Crippen molar-refractivity contribution in [3.05, 3.63) is 23.5 Å². The lowest BCUT2D eigenvalue weighted by atomic mass is 10.1. The minimum absolute atomic E-state index is 0.997. The number of hydrogen-bond donors (Lipinski definition) is 0. The molecule has 3 heteroatoms. The van der Waals surface area contributed by atoms with Crippen molar-refractivity contribution in [1.82, 2.24) is 9.97 Å². The summed E-state index contributed by atoms with van der Waals surface area (Å²) in [6, 6.07) is 2.07. The van der Waals surface area contributed by atoms with E-state index in [0.29, 0.717) is 0 Å². The molecular weight excluding hydrogens is 204 g/mol. The number of rotatable bonds is 5. The second kappa shape index (κ2) is 5.21. The first-order valence-electron chi connectivity index (χ1n) is 5.59. The van der Waals surface area contributed by atoms with Crippen molar-refractivity contribution < 1.29 is 0 Å². The van der Waals surface area contributed by atoms with Crippen molar-refractivity contribution in [3.8, 4) is 0 Å². The van der Waals surface area contributed by atoms with Crippen LogP contribution in [0.3, 0.4) is 0 Å². The van der Waals surface area contributed by atoms with Gasteiger partial charge in [-0.2, -0.15) is 0 Å². The van der Waals surface area contributed by atoms with Crippen LogP contribution in [0.1, 0.15) is 38.4 Å². The predicted octanol–water partition coefficient (Wildman–Crippen LogP) is 3.81. The Labute approximate surface area is 94.4 Å². The quantitative estimate of drug-likeness (QED) is 0.716. The van der Waals surface area contributed by atoms with Crippen LogP contribution in [0.25, 0.3) is 10.2 Å². The fourth-order valence-corrected chi connectivity index (χ4v) is 2.33. The number of fused-ring (bicyclic) bond motifs is 1. The van der Waals surface area contributed by atoms with Crippen LogP contribution in [0.5, 0.6) is 0 Å². The van der Waals surface area contributed by atoms with Crippen molar-refractivity contribution in [3.63, 3.8) is 0 Å². The second-order valence-corrected chi connectivity index (χ2v) is 4.71. The first-order valence-corrected chi connectivity index (χ1v) is 6.47. The van der Waals surface area contributed by atoms with E-state index >= 15 is 0 Å². The molecule has 80 valence electrons. The first kappa shape index (κ1) is 10.6. The molecule has 0 spiro atoms. The van der Waals surface area contributed by atoms with Crippen LogP contribution in [-0.2, 0) is 6.42 Å². The van der Waals surface area contributed by atoms with Crippen LogP contribution >= 0.6 is 11.3 Å². The number of hydrogen-bond acceptors (Lipinski definition) is 3. The highest BCUT2D eigenvalue weighted by molar-refractivity contribution is 7.17. The van der Waals surface area contributed by atoms with E-state index in [2.05, 4.69) is 28.3 Å². The number of unbranched alkanes of at least 4 members (excludes halogenated alkanes) is 3. The Morgan fingerprint density at radius 3 is 3.07 bits per heavy atom. The molecule has 15 heavy (non-hydrogen) atoms. The molecule has 0 radical (unpaired) electrons. The summed E-state index contributed by atoms with van der Waals surface area (Å²) < 4.78 is 1.19. The first-order chi connectivity index (χ1) is 7.40. The molecule has 0 aliphatic carbocycles.